The molecule has 4 nitrogen and oxygen atoms in total. The van der Waals surface area contributed by atoms with E-state index in [2.05, 4.69) is 11.9 Å². The Balaban J connectivity index is 1.93. The van der Waals surface area contributed by atoms with Crippen molar-refractivity contribution in [1.82, 2.24) is 4.90 Å². The molecular weight excluding hydrogens is 216 g/mol. The molecule has 98 valence electrons. The Morgan fingerprint density at radius 1 is 1.24 bits per heavy atom. The van der Waals surface area contributed by atoms with Crippen molar-refractivity contribution in [2.45, 2.75) is 69.0 Å². The standard InChI is InChI=1S/C13H24N2O2/c1-15(10-5-3-2-4-6-10)11-7-8-13(14,9-11)12(16)17/h10-11H,2-9,14H2,1H3,(H,16,17). The van der Waals surface area contributed by atoms with Crippen LogP contribution in [0.2, 0.25) is 0 Å². The Hall–Kier alpha value is -0.610. The molecule has 0 aromatic carbocycles. The highest BCUT2D eigenvalue weighted by Crippen LogP contribution is 2.34. The van der Waals surface area contributed by atoms with Gasteiger partial charge < -0.3 is 15.7 Å². The van der Waals surface area contributed by atoms with Crippen molar-refractivity contribution < 1.29 is 9.90 Å². The molecule has 0 amide bonds. The van der Waals surface area contributed by atoms with Crippen LogP contribution in [0.1, 0.15) is 51.4 Å². The van der Waals surface area contributed by atoms with Crippen molar-refractivity contribution in [3.05, 3.63) is 0 Å². The highest BCUT2D eigenvalue weighted by atomic mass is 16.4. The zero-order valence-corrected chi connectivity index (χ0v) is 10.7. The predicted octanol–water partition coefficient (Wildman–Crippen LogP) is 1.59. The second-order valence-corrected chi connectivity index (χ2v) is 5.82. The fourth-order valence-corrected chi connectivity index (χ4v) is 3.38. The van der Waals surface area contributed by atoms with Crippen LogP contribution in [0.15, 0.2) is 0 Å². The minimum absolute atomic E-state index is 0.360. The predicted molar refractivity (Wildman–Crippen MR) is 66.8 cm³/mol. The molecule has 17 heavy (non-hydrogen) atoms. The molecule has 2 saturated carbocycles. The van der Waals surface area contributed by atoms with E-state index in [-0.39, 0.29) is 0 Å². The minimum Gasteiger partial charge on any atom is -0.480 e. The van der Waals surface area contributed by atoms with Gasteiger partial charge in [0.1, 0.15) is 5.54 Å². The first-order valence-electron chi connectivity index (χ1n) is 6.77. The number of aliphatic carboxylic acids is 1. The van der Waals surface area contributed by atoms with E-state index in [0.717, 1.165) is 6.42 Å². The monoisotopic (exact) mass is 240 g/mol. The van der Waals surface area contributed by atoms with Crippen molar-refractivity contribution in [3.8, 4) is 0 Å². The summed E-state index contributed by atoms with van der Waals surface area (Å²) in [4.78, 5) is 13.5. The molecule has 3 N–H and O–H groups in total. The Labute approximate surface area is 103 Å². The molecule has 4 heteroatoms. The zero-order valence-electron chi connectivity index (χ0n) is 10.7. The highest BCUT2D eigenvalue weighted by molar-refractivity contribution is 5.79. The summed E-state index contributed by atoms with van der Waals surface area (Å²) in [6, 6.07) is 1.00. The lowest BCUT2D eigenvalue weighted by molar-refractivity contribution is -0.143. The van der Waals surface area contributed by atoms with Gasteiger partial charge in [-0.05, 0) is 39.2 Å². The fourth-order valence-electron chi connectivity index (χ4n) is 3.38. The highest BCUT2D eigenvalue weighted by Gasteiger charge is 2.44. The molecule has 2 rings (SSSR count). The van der Waals surface area contributed by atoms with Gasteiger partial charge in [0.2, 0.25) is 0 Å². The summed E-state index contributed by atoms with van der Waals surface area (Å²) in [6.07, 6.45) is 8.65. The van der Waals surface area contributed by atoms with E-state index >= 15 is 0 Å². The van der Waals surface area contributed by atoms with Crippen LogP contribution in [-0.2, 0) is 4.79 Å². The van der Waals surface area contributed by atoms with Gasteiger partial charge >= 0.3 is 5.97 Å². The summed E-state index contributed by atoms with van der Waals surface area (Å²) in [6.45, 7) is 0. The van der Waals surface area contributed by atoms with E-state index in [1.54, 1.807) is 0 Å². The van der Waals surface area contributed by atoms with E-state index in [9.17, 15) is 4.79 Å². The summed E-state index contributed by atoms with van der Waals surface area (Å²) in [5.74, 6) is -0.836. The summed E-state index contributed by atoms with van der Waals surface area (Å²) in [7, 11) is 2.15. The number of nitrogens with two attached hydrogens (primary N) is 1. The van der Waals surface area contributed by atoms with Crippen LogP contribution in [0.3, 0.4) is 0 Å². The molecule has 2 fully saturated rings. The van der Waals surface area contributed by atoms with Crippen molar-refractivity contribution in [1.29, 1.82) is 0 Å². The van der Waals surface area contributed by atoms with Crippen molar-refractivity contribution in [3.63, 3.8) is 0 Å². The van der Waals surface area contributed by atoms with Gasteiger partial charge in [-0.25, -0.2) is 0 Å². The van der Waals surface area contributed by atoms with Crippen LogP contribution in [0.25, 0.3) is 0 Å². The first-order valence-corrected chi connectivity index (χ1v) is 6.77. The van der Waals surface area contributed by atoms with Crippen LogP contribution in [0.5, 0.6) is 0 Å². The Bertz CT molecular complexity index is 289. The Morgan fingerprint density at radius 3 is 2.41 bits per heavy atom. The third kappa shape index (κ3) is 2.63. The van der Waals surface area contributed by atoms with Gasteiger partial charge in [0.05, 0.1) is 0 Å². The molecule has 0 radical (unpaired) electrons. The maximum atomic E-state index is 11.1. The van der Waals surface area contributed by atoms with Gasteiger partial charge in [0, 0.05) is 12.1 Å². The molecular formula is C13H24N2O2. The number of carboxylic acid groups (broad SMARTS) is 1. The van der Waals surface area contributed by atoms with Crippen molar-refractivity contribution in [2.75, 3.05) is 7.05 Å². The molecule has 0 spiro atoms. The van der Waals surface area contributed by atoms with Crippen molar-refractivity contribution in [2.24, 2.45) is 5.73 Å². The fraction of sp³-hybridized carbons (Fsp3) is 0.923. The van der Waals surface area contributed by atoms with E-state index in [4.69, 9.17) is 10.8 Å². The molecule has 2 aliphatic carbocycles. The maximum Gasteiger partial charge on any atom is 0.323 e. The van der Waals surface area contributed by atoms with E-state index in [1.165, 1.54) is 32.1 Å². The molecule has 0 saturated heterocycles. The molecule has 0 aromatic rings. The third-order valence-electron chi connectivity index (χ3n) is 4.68. The molecule has 0 bridgehead atoms. The quantitative estimate of drug-likeness (QED) is 0.786. The lowest BCUT2D eigenvalue weighted by Gasteiger charge is -2.36. The molecule has 0 aliphatic heterocycles. The average molecular weight is 240 g/mol. The molecule has 0 aromatic heterocycles. The van der Waals surface area contributed by atoms with Gasteiger partial charge in [-0.15, -0.1) is 0 Å². The van der Waals surface area contributed by atoms with Gasteiger partial charge in [-0.2, -0.15) is 0 Å². The van der Waals surface area contributed by atoms with Crippen LogP contribution in [0, 0.1) is 0 Å². The number of nitrogens with zero attached hydrogens (tertiary/aromatic N) is 1. The number of carbonyl (C=O) groups is 1. The van der Waals surface area contributed by atoms with Gasteiger partial charge in [0.25, 0.3) is 0 Å². The topological polar surface area (TPSA) is 66.6 Å². The number of hydrogen-bond acceptors (Lipinski definition) is 3. The van der Waals surface area contributed by atoms with Crippen LogP contribution in [-0.4, -0.2) is 40.6 Å². The molecule has 0 heterocycles. The normalized spacial score (nSPS) is 35.4. The Kier molecular flexibility index (Phi) is 3.73. The van der Waals surface area contributed by atoms with Crippen molar-refractivity contribution >= 4 is 5.97 Å². The van der Waals surface area contributed by atoms with Crippen LogP contribution < -0.4 is 5.73 Å². The summed E-state index contributed by atoms with van der Waals surface area (Å²) in [5, 5.41) is 9.14. The molecule has 2 unspecified atom stereocenters. The number of hydrogen-bond donors (Lipinski definition) is 2. The van der Waals surface area contributed by atoms with E-state index in [1.807, 2.05) is 0 Å². The van der Waals surface area contributed by atoms with Gasteiger partial charge in [-0.3, -0.25) is 4.79 Å². The summed E-state index contributed by atoms with van der Waals surface area (Å²) >= 11 is 0. The summed E-state index contributed by atoms with van der Waals surface area (Å²) < 4.78 is 0. The SMILES string of the molecule is CN(C1CCCCC1)C1CCC(N)(C(=O)O)C1. The third-order valence-corrected chi connectivity index (χ3v) is 4.68. The van der Waals surface area contributed by atoms with Crippen LogP contribution in [0.4, 0.5) is 0 Å². The summed E-state index contributed by atoms with van der Waals surface area (Å²) in [5.41, 5.74) is 4.95. The lowest BCUT2D eigenvalue weighted by atomic mass is 9.93. The number of carboxylic acids is 1. The van der Waals surface area contributed by atoms with Gasteiger partial charge in [0.15, 0.2) is 0 Å². The minimum atomic E-state index is -0.979. The zero-order chi connectivity index (χ0) is 12.5. The lowest BCUT2D eigenvalue weighted by Crippen LogP contribution is -2.48. The smallest absolute Gasteiger partial charge is 0.323 e. The van der Waals surface area contributed by atoms with E-state index < -0.39 is 11.5 Å². The van der Waals surface area contributed by atoms with E-state index in [0.29, 0.717) is 24.9 Å². The average Bonchev–Trinajstić information content (AvgIpc) is 2.74. The molecule has 2 atom stereocenters. The Morgan fingerprint density at radius 2 is 1.88 bits per heavy atom. The number of rotatable bonds is 3. The first-order chi connectivity index (χ1) is 8.03. The maximum absolute atomic E-state index is 11.1. The second kappa shape index (κ2) is 4.94. The van der Waals surface area contributed by atoms with Crippen LogP contribution >= 0.6 is 0 Å². The molecule has 2 aliphatic rings. The first kappa shape index (κ1) is 12.8. The second-order valence-electron chi connectivity index (χ2n) is 5.82. The largest absolute Gasteiger partial charge is 0.480 e. The van der Waals surface area contributed by atoms with Gasteiger partial charge in [-0.1, -0.05) is 19.3 Å².